The number of thiophene rings is 1. The molecule has 1 fully saturated rings. The van der Waals surface area contributed by atoms with Gasteiger partial charge in [-0.3, -0.25) is 0 Å². The topological polar surface area (TPSA) is 29.5 Å². The maximum absolute atomic E-state index is 10.1. The molecule has 1 aliphatic rings. The van der Waals surface area contributed by atoms with Crippen LogP contribution in [-0.2, 0) is 11.2 Å². The predicted octanol–water partition coefficient (Wildman–Crippen LogP) is 2.48. The Morgan fingerprint density at radius 3 is 2.86 bits per heavy atom. The van der Waals surface area contributed by atoms with Gasteiger partial charge in [0.1, 0.15) is 0 Å². The molecule has 0 aliphatic heterocycles. The van der Waals surface area contributed by atoms with Crippen LogP contribution in [0.2, 0.25) is 4.34 Å². The molecule has 0 bridgehead atoms. The Labute approximate surface area is 92.5 Å². The molecule has 1 aromatic heterocycles. The Morgan fingerprint density at radius 2 is 2.36 bits per heavy atom. The summed E-state index contributed by atoms with van der Waals surface area (Å²) in [6.45, 7) is 0. The van der Waals surface area contributed by atoms with Crippen molar-refractivity contribution >= 4 is 22.9 Å². The summed E-state index contributed by atoms with van der Waals surface area (Å²) in [6, 6.07) is 3.85. The van der Waals surface area contributed by atoms with Gasteiger partial charge in [0.05, 0.1) is 16.0 Å². The molecule has 1 N–H and O–H groups in total. The molecule has 0 aromatic carbocycles. The van der Waals surface area contributed by atoms with Crippen LogP contribution in [0, 0.1) is 0 Å². The van der Waals surface area contributed by atoms with E-state index in [0.717, 1.165) is 22.1 Å². The SMILES string of the molecule is COC1CC(O)(Cc2ccc(Cl)s2)C1. The number of halogens is 1. The lowest BCUT2D eigenvalue weighted by molar-refractivity contribution is -0.126. The monoisotopic (exact) mass is 232 g/mol. The van der Waals surface area contributed by atoms with Crippen molar-refractivity contribution in [1.82, 2.24) is 0 Å². The van der Waals surface area contributed by atoms with Gasteiger partial charge < -0.3 is 9.84 Å². The molecule has 2 nitrogen and oxygen atoms in total. The summed E-state index contributed by atoms with van der Waals surface area (Å²) in [4.78, 5) is 1.15. The normalized spacial score (nSPS) is 31.5. The lowest BCUT2D eigenvalue weighted by atomic mass is 9.75. The second-order valence-corrected chi connectivity index (χ2v) is 5.67. The molecule has 14 heavy (non-hydrogen) atoms. The maximum Gasteiger partial charge on any atom is 0.0931 e. The molecule has 78 valence electrons. The van der Waals surface area contributed by atoms with Crippen molar-refractivity contribution in [1.29, 1.82) is 0 Å². The summed E-state index contributed by atoms with van der Waals surface area (Å²) in [5.74, 6) is 0. The van der Waals surface area contributed by atoms with Crippen molar-refractivity contribution in [3.05, 3.63) is 21.3 Å². The zero-order valence-corrected chi connectivity index (χ0v) is 9.57. The van der Waals surface area contributed by atoms with Crippen LogP contribution in [0.5, 0.6) is 0 Å². The first kappa shape index (κ1) is 10.4. The molecule has 1 aliphatic carbocycles. The van der Waals surface area contributed by atoms with E-state index >= 15 is 0 Å². The summed E-state index contributed by atoms with van der Waals surface area (Å²) in [5, 5.41) is 10.1. The number of methoxy groups -OCH3 is 1. The average molecular weight is 233 g/mol. The van der Waals surface area contributed by atoms with Crippen molar-refractivity contribution in [2.75, 3.05) is 7.11 Å². The fraction of sp³-hybridized carbons (Fsp3) is 0.600. The van der Waals surface area contributed by atoms with Gasteiger partial charge in [-0.15, -0.1) is 11.3 Å². The van der Waals surface area contributed by atoms with Gasteiger partial charge in [-0.25, -0.2) is 0 Å². The van der Waals surface area contributed by atoms with Gasteiger partial charge in [-0.05, 0) is 12.1 Å². The highest BCUT2D eigenvalue weighted by Crippen LogP contribution is 2.38. The van der Waals surface area contributed by atoms with Gasteiger partial charge in [0.15, 0.2) is 0 Å². The molecule has 1 heterocycles. The molecule has 1 aromatic rings. The Hall–Kier alpha value is -0.0900. The van der Waals surface area contributed by atoms with E-state index in [1.54, 1.807) is 7.11 Å². The van der Waals surface area contributed by atoms with Crippen molar-refractivity contribution in [2.24, 2.45) is 0 Å². The Kier molecular flexibility index (Phi) is 2.84. The van der Waals surface area contributed by atoms with Crippen LogP contribution in [0.15, 0.2) is 12.1 Å². The zero-order valence-electron chi connectivity index (χ0n) is 8.00. The molecule has 0 amide bonds. The number of rotatable bonds is 3. The fourth-order valence-electron chi connectivity index (χ4n) is 1.87. The molecule has 0 spiro atoms. The van der Waals surface area contributed by atoms with Gasteiger partial charge in [0.2, 0.25) is 0 Å². The smallest absolute Gasteiger partial charge is 0.0931 e. The highest BCUT2D eigenvalue weighted by atomic mass is 35.5. The van der Waals surface area contributed by atoms with E-state index in [2.05, 4.69) is 0 Å². The van der Waals surface area contributed by atoms with E-state index in [1.165, 1.54) is 11.3 Å². The summed E-state index contributed by atoms with van der Waals surface area (Å²) < 4.78 is 5.93. The van der Waals surface area contributed by atoms with Crippen LogP contribution in [0.4, 0.5) is 0 Å². The first-order chi connectivity index (χ1) is 6.61. The minimum Gasteiger partial charge on any atom is -0.389 e. The Balaban J connectivity index is 1.93. The van der Waals surface area contributed by atoms with Crippen molar-refractivity contribution in [3.8, 4) is 0 Å². The third-order valence-electron chi connectivity index (χ3n) is 2.68. The van der Waals surface area contributed by atoms with Crippen LogP contribution >= 0.6 is 22.9 Å². The fourth-order valence-corrected chi connectivity index (χ4v) is 3.09. The molecule has 4 heteroatoms. The van der Waals surface area contributed by atoms with Crippen molar-refractivity contribution < 1.29 is 9.84 Å². The lowest BCUT2D eigenvalue weighted by Gasteiger charge is -2.42. The van der Waals surface area contributed by atoms with E-state index < -0.39 is 5.60 Å². The standard InChI is InChI=1S/C10H13ClO2S/c1-13-7-4-10(12,5-7)6-8-2-3-9(11)14-8/h2-3,7,12H,4-6H2,1H3. The maximum atomic E-state index is 10.1. The summed E-state index contributed by atoms with van der Waals surface area (Å²) in [7, 11) is 1.69. The molecule has 0 radical (unpaired) electrons. The molecule has 1 saturated carbocycles. The van der Waals surface area contributed by atoms with E-state index in [4.69, 9.17) is 16.3 Å². The highest BCUT2D eigenvalue weighted by molar-refractivity contribution is 7.16. The van der Waals surface area contributed by atoms with Crippen LogP contribution < -0.4 is 0 Å². The van der Waals surface area contributed by atoms with Gasteiger partial charge in [-0.2, -0.15) is 0 Å². The molecule has 2 rings (SSSR count). The van der Waals surface area contributed by atoms with Gasteiger partial charge in [-0.1, -0.05) is 11.6 Å². The second-order valence-electron chi connectivity index (χ2n) is 3.87. The van der Waals surface area contributed by atoms with Crippen LogP contribution in [0.3, 0.4) is 0 Å². The zero-order chi connectivity index (χ0) is 10.2. The molecule has 0 saturated heterocycles. The minimum atomic E-state index is -0.561. The van der Waals surface area contributed by atoms with E-state index in [0.29, 0.717) is 6.42 Å². The van der Waals surface area contributed by atoms with E-state index in [9.17, 15) is 5.11 Å². The quantitative estimate of drug-likeness (QED) is 0.868. The number of hydrogen-bond acceptors (Lipinski definition) is 3. The summed E-state index contributed by atoms with van der Waals surface area (Å²) in [6.07, 6.45) is 2.40. The Morgan fingerprint density at radius 1 is 1.64 bits per heavy atom. The first-order valence-electron chi connectivity index (χ1n) is 4.61. The number of ether oxygens (including phenoxy) is 1. The molecule has 0 unspecified atom stereocenters. The van der Waals surface area contributed by atoms with Gasteiger partial charge >= 0.3 is 0 Å². The largest absolute Gasteiger partial charge is 0.389 e. The van der Waals surface area contributed by atoms with Crippen LogP contribution in [0.1, 0.15) is 17.7 Å². The molecular weight excluding hydrogens is 220 g/mol. The highest BCUT2D eigenvalue weighted by Gasteiger charge is 2.42. The molecule has 0 atom stereocenters. The average Bonchev–Trinajstić information content (AvgIpc) is 2.46. The molecular formula is C10H13ClO2S. The van der Waals surface area contributed by atoms with Crippen molar-refractivity contribution in [3.63, 3.8) is 0 Å². The first-order valence-corrected chi connectivity index (χ1v) is 5.80. The number of aliphatic hydroxyl groups is 1. The second kappa shape index (κ2) is 3.81. The van der Waals surface area contributed by atoms with Gasteiger partial charge in [0.25, 0.3) is 0 Å². The number of hydrogen-bond donors (Lipinski definition) is 1. The predicted molar refractivity (Wildman–Crippen MR) is 58.0 cm³/mol. The lowest BCUT2D eigenvalue weighted by Crippen LogP contribution is -2.49. The van der Waals surface area contributed by atoms with Crippen LogP contribution in [-0.4, -0.2) is 23.9 Å². The van der Waals surface area contributed by atoms with E-state index in [-0.39, 0.29) is 6.10 Å². The third-order valence-corrected chi connectivity index (χ3v) is 3.91. The van der Waals surface area contributed by atoms with E-state index in [1.807, 2.05) is 12.1 Å². The summed E-state index contributed by atoms with van der Waals surface area (Å²) >= 11 is 7.36. The Bertz CT molecular complexity index is 318. The van der Waals surface area contributed by atoms with Crippen LogP contribution in [0.25, 0.3) is 0 Å². The third kappa shape index (κ3) is 2.11. The minimum absolute atomic E-state index is 0.232. The van der Waals surface area contributed by atoms with Crippen molar-refractivity contribution in [2.45, 2.75) is 31.0 Å². The summed E-state index contributed by atoms with van der Waals surface area (Å²) in [5.41, 5.74) is -0.561. The van der Waals surface area contributed by atoms with Gasteiger partial charge in [0, 0.05) is 31.2 Å².